The Kier molecular flexibility index (Phi) is 6.01. The predicted octanol–water partition coefficient (Wildman–Crippen LogP) is 5.81. The first-order valence-electron chi connectivity index (χ1n) is 11.5. The molecule has 3 fully saturated rings. The van der Waals surface area contributed by atoms with Crippen LogP contribution in [0.1, 0.15) is 65.2 Å². The second-order valence-corrected chi connectivity index (χ2v) is 10.2. The summed E-state index contributed by atoms with van der Waals surface area (Å²) < 4.78 is 11.4. The van der Waals surface area contributed by atoms with Gasteiger partial charge in [0.2, 0.25) is 0 Å². The van der Waals surface area contributed by atoms with Crippen LogP contribution in [-0.2, 0) is 9.47 Å². The molecule has 4 rings (SSSR count). The molecule has 3 saturated carbocycles. The fourth-order valence-electron chi connectivity index (χ4n) is 5.44. The van der Waals surface area contributed by atoms with Crippen molar-refractivity contribution >= 4 is 5.90 Å². The molecule has 3 heteroatoms. The van der Waals surface area contributed by atoms with E-state index in [1.165, 1.54) is 44.9 Å². The first-order chi connectivity index (χ1) is 13.5. The summed E-state index contributed by atoms with van der Waals surface area (Å²) in [4.78, 5) is 4.75. The molecule has 0 bridgehead atoms. The molecular formula is C25H39NO2. The molecule has 0 unspecified atom stereocenters. The van der Waals surface area contributed by atoms with Crippen LogP contribution in [0.15, 0.2) is 29.8 Å². The van der Waals surface area contributed by atoms with Crippen LogP contribution in [0.2, 0.25) is 0 Å². The van der Waals surface area contributed by atoms with Gasteiger partial charge in [0.05, 0.1) is 6.10 Å². The normalized spacial score (nSPS) is 42.2. The molecule has 4 aliphatic rings. The highest BCUT2D eigenvalue weighted by atomic mass is 16.5. The monoisotopic (exact) mass is 385 g/mol. The van der Waals surface area contributed by atoms with E-state index < -0.39 is 0 Å². The fraction of sp³-hybridized carbons (Fsp3) is 0.800. The highest BCUT2D eigenvalue weighted by molar-refractivity contribution is 5.83. The van der Waals surface area contributed by atoms with Crippen LogP contribution in [0.5, 0.6) is 0 Å². The number of hydrogen-bond acceptors (Lipinski definition) is 3. The summed E-state index contributed by atoms with van der Waals surface area (Å²) in [5.74, 6) is 5.36. The fourth-order valence-corrected chi connectivity index (χ4v) is 5.44. The van der Waals surface area contributed by atoms with Gasteiger partial charge >= 0.3 is 0 Å². The van der Waals surface area contributed by atoms with Gasteiger partial charge in [-0.1, -0.05) is 32.1 Å². The van der Waals surface area contributed by atoms with Crippen molar-refractivity contribution in [3.8, 4) is 0 Å². The van der Waals surface area contributed by atoms with Gasteiger partial charge in [-0.25, -0.2) is 4.99 Å². The molecule has 3 aliphatic carbocycles. The lowest BCUT2D eigenvalue weighted by molar-refractivity contribution is 0.0898. The minimum Gasteiger partial charge on any atom is -0.478 e. The number of ether oxygens (including phenoxy) is 2. The Labute approximate surface area is 171 Å². The molecule has 0 aromatic rings. The average molecular weight is 386 g/mol. The molecule has 1 heterocycles. The predicted molar refractivity (Wildman–Crippen MR) is 115 cm³/mol. The second-order valence-electron chi connectivity index (χ2n) is 10.2. The first-order valence-corrected chi connectivity index (χ1v) is 11.5. The van der Waals surface area contributed by atoms with Crippen molar-refractivity contribution in [1.29, 1.82) is 0 Å². The van der Waals surface area contributed by atoms with Gasteiger partial charge in [-0.05, 0) is 80.5 Å². The maximum atomic E-state index is 5.78. The molecule has 8 atom stereocenters. The lowest BCUT2D eigenvalue weighted by Gasteiger charge is -2.17. The van der Waals surface area contributed by atoms with Gasteiger partial charge in [-0.15, -0.1) is 6.58 Å². The summed E-state index contributed by atoms with van der Waals surface area (Å²) in [5, 5.41) is 0. The van der Waals surface area contributed by atoms with Gasteiger partial charge in [0.15, 0.2) is 5.90 Å². The topological polar surface area (TPSA) is 30.8 Å². The number of aliphatic imine (C=N–C) groups is 1. The van der Waals surface area contributed by atoms with E-state index in [4.69, 9.17) is 14.5 Å². The Morgan fingerprint density at radius 3 is 2.93 bits per heavy atom. The molecule has 28 heavy (non-hydrogen) atoms. The number of hydrogen-bond donors (Lipinski definition) is 0. The Hall–Kier alpha value is -1.09. The molecule has 0 saturated heterocycles. The first kappa shape index (κ1) is 20.2. The van der Waals surface area contributed by atoms with E-state index in [0.717, 1.165) is 42.6 Å². The number of methoxy groups -OCH3 is 1. The van der Waals surface area contributed by atoms with Crippen molar-refractivity contribution in [2.75, 3.05) is 13.7 Å². The zero-order chi connectivity index (χ0) is 19.7. The molecule has 0 aromatic heterocycles. The van der Waals surface area contributed by atoms with Crippen LogP contribution in [0.4, 0.5) is 0 Å². The lowest BCUT2D eigenvalue weighted by Crippen LogP contribution is -2.12. The Morgan fingerprint density at radius 1 is 1.39 bits per heavy atom. The quantitative estimate of drug-likeness (QED) is 0.397. The van der Waals surface area contributed by atoms with Crippen molar-refractivity contribution in [3.63, 3.8) is 0 Å². The molecule has 156 valence electrons. The van der Waals surface area contributed by atoms with Crippen LogP contribution in [0.25, 0.3) is 0 Å². The summed E-state index contributed by atoms with van der Waals surface area (Å²) >= 11 is 0. The van der Waals surface area contributed by atoms with Crippen molar-refractivity contribution < 1.29 is 9.47 Å². The van der Waals surface area contributed by atoms with Gasteiger partial charge in [0.1, 0.15) is 12.6 Å². The molecule has 0 radical (unpaired) electrons. The van der Waals surface area contributed by atoms with Gasteiger partial charge in [0.25, 0.3) is 0 Å². The van der Waals surface area contributed by atoms with Crippen LogP contribution in [0.3, 0.4) is 0 Å². The molecule has 1 aliphatic heterocycles. The standard InChI is InChI=1S/C25H39NO2/c1-5-8-20(27-4)11-12-25(3)15-23(25)22-14-18(22)9-6-7-10-19-16-28-24(26-19)21-13-17(21)2/h5,7,10,17-23H,1,6,8-9,11-16H2,2-4H3/b10-7-/t17-,18-,19+,20-,21+,22-,23+,25-/m0/s1. The van der Waals surface area contributed by atoms with Crippen molar-refractivity contribution in [3.05, 3.63) is 24.8 Å². The van der Waals surface area contributed by atoms with Crippen LogP contribution in [-0.4, -0.2) is 31.8 Å². The Morgan fingerprint density at radius 2 is 2.21 bits per heavy atom. The number of nitrogens with zero attached hydrogens (tertiary/aromatic N) is 1. The SMILES string of the molecule is C=CC[C@@H](CC[C@@]1(C)C[C@@H]1[C@H]1C[C@@H]1CC/C=C\[C@@H]1COC([C@@H]2C[C@@H]2C)=N1)OC. The second kappa shape index (κ2) is 8.34. The van der Waals surface area contributed by atoms with Crippen LogP contribution >= 0.6 is 0 Å². The third-order valence-electron chi connectivity index (χ3n) is 7.90. The van der Waals surface area contributed by atoms with Gasteiger partial charge < -0.3 is 9.47 Å². The van der Waals surface area contributed by atoms with Gasteiger partial charge in [0, 0.05) is 13.0 Å². The third-order valence-corrected chi connectivity index (χ3v) is 7.90. The Bertz CT molecular complexity index is 626. The van der Waals surface area contributed by atoms with E-state index in [2.05, 4.69) is 32.6 Å². The Balaban J connectivity index is 1.12. The molecule has 0 spiro atoms. The average Bonchev–Trinajstić information content (AvgIpc) is 3.63. The van der Waals surface area contributed by atoms with E-state index in [0.29, 0.717) is 17.4 Å². The smallest absolute Gasteiger partial charge is 0.187 e. The molecule has 0 N–H and O–H groups in total. The maximum absolute atomic E-state index is 5.78. The number of allylic oxidation sites excluding steroid dienone is 1. The molecule has 0 amide bonds. The summed E-state index contributed by atoms with van der Waals surface area (Å²) in [5.41, 5.74) is 0.583. The molecule has 0 aromatic carbocycles. The van der Waals surface area contributed by atoms with Gasteiger partial charge in [-0.3, -0.25) is 0 Å². The summed E-state index contributed by atoms with van der Waals surface area (Å²) in [6.45, 7) is 9.40. The highest BCUT2D eigenvalue weighted by Crippen LogP contribution is 2.67. The van der Waals surface area contributed by atoms with Crippen molar-refractivity contribution in [2.24, 2.45) is 40.0 Å². The van der Waals surface area contributed by atoms with Crippen molar-refractivity contribution in [2.45, 2.75) is 77.4 Å². The minimum absolute atomic E-state index is 0.272. The zero-order valence-corrected chi connectivity index (χ0v) is 18.1. The minimum atomic E-state index is 0.272. The van der Waals surface area contributed by atoms with E-state index in [-0.39, 0.29) is 6.04 Å². The third kappa shape index (κ3) is 4.72. The summed E-state index contributed by atoms with van der Waals surface area (Å²) in [6, 6.07) is 0.272. The maximum Gasteiger partial charge on any atom is 0.187 e. The molecular weight excluding hydrogens is 346 g/mol. The summed E-state index contributed by atoms with van der Waals surface area (Å²) in [7, 11) is 1.83. The van der Waals surface area contributed by atoms with Crippen LogP contribution in [0, 0.1) is 35.0 Å². The van der Waals surface area contributed by atoms with E-state index >= 15 is 0 Å². The summed E-state index contributed by atoms with van der Waals surface area (Å²) in [6.07, 6.45) is 17.2. The lowest BCUT2D eigenvalue weighted by atomic mass is 9.94. The van der Waals surface area contributed by atoms with Gasteiger partial charge in [-0.2, -0.15) is 0 Å². The molecule has 3 nitrogen and oxygen atoms in total. The van der Waals surface area contributed by atoms with Crippen LogP contribution < -0.4 is 0 Å². The van der Waals surface area contributed by atoms with E-state index in [1.54, 1.807) is 0 Å². The van der Waals surface area contributed by atoms with E-state index in [1.807, 2.05) is 13.2 Å². The number of rotatable bonds is 12. The van der Waals surface area contributed by atoms with E-state index in [9.17, 15) is 0 Å². The van der Waals surface area contributed by atoms with Crippen molar-refractivity contribution in [1.82, 2.24) is 0 Å². The highest BCUT2D eigenvalue weighted by Gasteiger charge is 2.59. The zero-order valence-electron chi connectivity index (χ0n) is 18.1. The largest absolute Gasteiger partial charge is 0.478 e.